The number of aromatic nitrogens is 2. The number of hydrogen-bond acceptors (Lipinski definition) is 3. The van der Waals surface area contributed by atoms with Crippen LogP contribution in [0, 0.1) is 17.8 Å². The normalized spacial score (nSPS) is 24.6. The Morgan fingerprint density at radius 1 is 1.33 bits per heavy atom. The molecule has 3 atom stereocenters. The van der Waals surface area contributed by atoms with E-state index in [0.29, 0.717) is 28.0 Å². The number of carbonyl (C=O) groups excluding carboxylic acids is 1. The fourth-order valence-electron chi connectivity index (χ4n) is 4.55. The average Bonchev–Trinajstić information content (AvgIpc) is 3.06. The standard InChI is InChI=1S/C19H24N4O3Se/c1-19(2,17-20-8-13-14(27-3)5-4-6-23(13)17)21-16(24)15-11-7-12(15)10-22(9-11)18(25)26/h4-6,8,11-12,15H,7,9-10H2,1-3H3,(H,21,24)(H,25,26)/t11-,12+,15-. The first kappa shape index (κ1) is 18.3. The predicted octanol–water partition coefficient (Wildman–Crippen LogP) is 1.31. The summed E-state index contributed by atoms with van der Waals surface area (Å²) in [6.45, 7) is 4.86. The molecule has 2 aliphatic rings. The van der Waals surface area contributed by atoms with E-state index >= 15 is 0 Å². The van der Waals surface area contributed by atoms with Gasteiger partial charge in [-0.3, -0.25) is 0 Å². The van der Waals surface area contributed by atoms with Gasteiger partial charge in [0.1, 0.15) is 0 Å². The zero-order valence-electron chi connectivity index (χ0n) is 15.7. The SMILES string of the molecule is C[Se]c1cccn2c(C(C)(C)NC(=O)[C@@H]3[C@@H]4C[C@H]3CN(C(=O)O)C4)ncc12. The first-order valence-corrected chi connectivity index (χ1v) is 11.7. The van der Waals surface area contributed by atoms with E-state index < -0.39 is 11.6 Å². The van der Waals surface area contributed by atoms with Gasteiger partial charge in [0.05, 0.1) is 0 Å². The van der Waals surface area contributed by atoms with Crippen molar-refractivity contribution in [3.8, 4) is 0 Å². The molecule has 1 saturated heterocycles. The molecule has 2 fully saturated rings. The number of nitrogens with one attached hydrogen (secondary N) is 1. The summed E-state index contributed by atoms with van der Waals surface area (Å²) in [5, 5.41) is 12.4. The molecule has 0 aromatic carbocycles. The van der Waals surface area contributed by atoms with Gasteiger partial charge in [-0.1, -0.05) is 0 Å². The van der Waals surface area contributed by atoms with Crippen LogP contribution < -0.4 is 9.78 Å². The third-order valence-corrected chi connectivity index (χ3v) is 7.50. The Kier molecular flexibility index (Phi) is 4.43. The second-order valence-electron chi connectivity index (χ2n) is 8.00. The summed E-state index contributed by atoms with van der Waals surface area (Å²) in [5.41, 5.74) is 0.481. The number of fused-ring (bicyclic) bond motifs is 3. The van der Waals surface area contributed by atoms with Gasteiger partial charge in [0.15, 0.2) is 0 Å². The van der Waals surface area contributed by atoms with E-state index in [-0.39, 0.29) is 23.7 Å². The first-order valence-electron chi connectivity index (χ1n) is 9.12. The number of likely N-dealkylation sites (tertiary alicyclic amines) is 1. The summed E-state index contributed by atoms with van der Waals surface area (Å²) in [6, 6.07) is 4.14. The summed E-state index contributed by atoms with van der Waals surface area (Å²) < 4.78 is 3.35. The topological polar surface area (TPSA) is 86.9 Å². The van der Waals surface area contributed by atoms with Crippen molar-refractivity contribution < 1.29 is 14.7 Å². The summed E-state index contributed by atoms with van der Waals surface area (Å²) in [5.74, 6) is 3.16. The van der Waals surface area contributed by atoms with Gasteiger partial charge in [-0.25, -0.2) is 4.79 Å². The van der Waals surface area contributed by atoms with Crippen molar-refractivity contribution in [1.29, 1.82) is 0 Å². The van der Waals surface area contributed by atoms with Crippen LogP contribution in [0.15, 0.2) is 24.5 Å². The van der Waals surface area contributed by atoms with Crippen LogP contribution in [0.2, 0.25) is 5.82 Å². The van der Waals surface area contributed by atoms with Crippen LogP contribution in [0.3, 0.4) is 0 Å². The Morgan fingerprint density at radius 2 is 2.04 bits per heavy atom. The fraction of sp³-hybridized carbons (Fsp3) is 0.526. The van der Waals surface area contributed by atoms with Gasteiger partial charge in [-0.15, -0.1) is 0 Å². The van der Waals surface area contributed by atoms with E-state index in [0.717, 1.165) is 17.8 Å². The predicted molar refractivity (Wildman–Crippen MR) is 102 cm³/mol. The van der Waals surface area contributed by atoms with Gasteiger partial charge in [-0.2, -0.15) is 0 Å². The molecule has 0 spiro atoms. The van der Waals surface area contributed by atoms with Crippen LogP contribution >= 0.6 is 0 Å². The van der Waals surface area contributed by atoms with Crippen LogP contribution in [0.5, 0.6) is 0 Å². The van der Waals surface area contributed by atoms with E-state index in [1.807, 2.05) is 32.3 Å². The van der Waals surface area contributed by atoms with Crippen molar-refractivity contribution in [2.75, 3.05) is 13.1 Å². The number of carboxylic acid groups (broad SMARTS) is 1. The van der Waals surface area contributed by atoms with Crippen LogP contribution in [0.4, 0.5) is 4.79 Å². The Balaban J connectivity index is 1.53. The summed E-state index contributed by atoms with van der Waals surface area (Å²) in [6.07, 6.45) is 3.92. The molecule has 4 rings (SSSR count). The maximum absolute atomic E-state index is 13.0. The molecular formula is C19H24N4O3Se. The average molecular weight is 435 g/mol. The summed E-state index contributed by atoms with van der Waals surface area (Å²) in [7, 11) is 0. The van der Waals surface area contributed by atoms with Gasteiger partial charge in [0, 0.05) is 0 Å². The van der Waals surface area contributed by atoms with Crippen LogP contribution in [-0.4, -0.2) is 59.4 Å². The molecule has 8 heteroatoms. The van der Waals surface area contributed by atoms with E-state index in [9.17, 15) is 14.7 Å². The van der Waals surface area contributed by atoms with E-state index in [1.54, 1.807) is 0 Å². The molecule has 1 aliphatic carbocycles. The number of imidazole rings is 1. The summed E-state index contributed by atoms with van der Waals surface area (Å²) >= 11 is 0.368. The molecule has 27 heavy (non-hydrogen) atoms. The molecule has 2 N–H and O–H groups in total. The quantitative estimate of drug-likeness (QED) is 0.710. The summed E-state index contributed by atoms with van der Waals surface area (Å²) in [4.78, 5) is 30.2. The maximum atomic E-state index is 13.0. The first-order chi connectivity index (χ1) is 12.8. The molecular weight excluding hydrogens is 411 g/mol. The minimum absolute atomic E-state index is 0.0129. The third-order valence-electron chi connectivity index (χ3n) is 5.85. The van der Waals surface area contributed by atoms with Gasteiger partial charge < -0.3 is 5.11 Å². The van der Waals surface area contributed by atoms with Gasteiger partial charge >= 0.3 is 154 Å². The van der Waals surface area contributed by atoms with Crippen LogP contribution in [0.25, 0.3) is 5.52 Å². The Morgan fingerprint density at radius 3 is 2.67 bits per heavy atom. The third kappa shape index (κ3) is 3.01. The Bertz CT molecular complexity index is 897. The molecule has 1 aliphatic heterocycles. The second kappa shape index (κ2) is 6.53. The molecule has 0 radical (unpaired) electrons. The number of hydrogen-bond donors (Lipinski definition) is 2. The minimum atomic E-state index is -0.888. The van der Waals surface area contributed by atoms with Crippen molar-refractivity contribution in [2.24, 2.45) is 17.8 Å². The zero-order chi connectivity index (χ0) is 19.3. The Hall–Kier alpha value is -2.05. The van der Waals surface area contributed by atoms with E-state index in [4.69, 9.17) is 0 Å². The van der Waals surface area contributed by atoms with Gasteiger partial charge in [0.2, 0.25) is 0 Å². The number of nitrogens with zero attached hydrogens (tertiary/aromatic N) is 3. The van der Waals surface area contributed by atoms with Crippen molar-refractivity contribution in [3.05, 3.63) is 30.4 Å². The molecule has 2 amide bonds. The van der Waals surface area contributed by atoms with E-state index in [1.165, 1.54) is 9.36 Å². The number of piperidine rings is 2. The zero-order valence-corrected chi connectivity index (χ0v) is 17.4. The van der Waals surface area contributed by atoms with Gasteiger partial charge in [0.25, 0.3) is 0 Å². The van der Waals surface area contributed by atoms with Crippen molar-refractivity contribution in [1.82, 2.24) is 19.6 Å². The van der Waals surface area contributed by atoms with E-state index in [2.05, 4.69) is 26.6 Å². The monoisotopic (exact) mass is 436 g/mol. The molecule has 3 heterocycles. The number of carbonyl (C=O) groups is 2. The molecule has 0 unspecified atom stereocenters. The van der Waals surface area contributed by atoms with Crippen LogP contribution in [-0.2, 0) is 10.3 Å². The second-order valence-corrected chi connectivity index (χ2v) is 9.78. The number of pyridine rings is 1. The van der Waals surface area contributed by atoms with Crippen molar-refractivity contribution >= 4 is 36.9 Å². The molecule has 2 aromatic heterocycles. The molecule has 2 aromatic rings. The van der Waals surface area contributed by atoms with Crippen molar-refractivity contribution in [2.45, 2.75) is 31.6 Å². The molecule has 144 valence electrons. The number of rotatable bonds is 4. The van der Waals surface area contributed by atoms with Gasteiger partial charge in [-0.05, 0) is 0 Å². The van der Waals surface area contributed by atoms with Crippen LogP contribution in [0.1, 0.15) is 26.1 Å². The van der Waals surface area contributed by atoms with Crippen molar-refractivity contribution in [3.63, 3.8) is 0 Å². The molecule has 7 nitrogen and oxygen atoms in total. The molecule has 2 bridgehead atoms. The Labute approximate surface area is 164 Å². The number of amides is 2. The molecule has 1 saturated carbocycles. The fourth-order valence-corrected chi connectivity index (χ4v) is 5.76.